The summed E-state index contributed by atoms with van der Waals surface area (Å²) in [5, 5.41) is 0. The van der Waals surface area contributed by atoms with Gasteiger partial charge in [0.2, 0.25) is 0 Å². The Balaban J connectivity index is 1.02. The van der Waals surface area contributed by atoms with E-state index in [0.717, 1.165) is 116 Å². The first-order chi connectivity index (χ1) is 43.5. The van der Waals surface area contributed by atoms with Crippen molar-refractivity contribution in [1.82, 2.24) is 0 Å². The largest absolute Gasteiger partial charge is 0.458 e. The molecule has 6 nitrogen and oxygen atoms in total. The zero-order chi connectivity index (χ0) is 59.0. The fourth-order valence-corrected chi connectivity index (χ4v) is 14.9. The van der Waals surface area contributed by atoms with Crippen molar-refractivity contribution >= 4 is 132 Å². The third kappa shape index (κ3) is 8.41. The lowest BCUT2D eigenvalue weighted by molar-refractivity contribution is 0.487. The van der Waals surface area contributed by atoms with Crippen molar-refractivity contribution < 1.29 is 4.74 Å². The summed E-state index contributed by atoms with van der Waals surface area (Å²) in [7, 11) is 0. The number of ether oxygens (including phenoxy) is 1. The Bertz CT molecular complexity index is 4570. The highest BCUT2D eigenvalue weighted by Crippen LogP contribution is 2.52. The highest BCUT2D eigenvalue weighted by molar-refractivity contribution is 7.02. The van der Waals surface area contributed by atoms with E-state index < -0.39 is 0 Å². The van der Waals surface area contributed by atoms with E-state index in [1.54, 1.807) is 0 Å². The summed E-state index contributed by atoms with van der Waals surface area (Å²) in [6.07, 6.45) is 3.54. The SMILES string of the molecule is CCc1ccccc1N(c1cc2c3c(c1)N(c1ccccc1)c1cc4c(cc1B3c1ccccc1O2)B1c2ccccc2N(c2ccccc2)c2cc(N(c3ccccc3CC)c3ccccc3CC)cc(c21)N4c1ccccc1)c1ccccc1CC. The normalized spacial score (nSPS) is 12.9. The highest BCUT2D eigenvalue weighted by Gasteiger charge is 2.48. The van der Waals surface area contributed by atoms with Gasteiger partial charge in [-0.15, -0.1) is 0 Å². The second-order valence-electron chi connectivity index (χ2n) is 23.4. The van der Waals surface area contributed by atoms with Crippen LogP contribution in [0.4, 0.5) is 85.3 Å². The van der Waals surface area contributed by atoms with Crippen LogP contribution in [-0.4, -0.2) is 13.4 Å². The summed E-state index contributed by atoms with van der Waals surface area (Å²) in [5.74, 6) is 1.74. The van der Waals surface area contributed by atoms with Gasteiger partial charge in [-0.25, -0.2) is 0 Å². The molecule has 4 aliphatic rings. The second kappa shape index (κ2) is 21.8. The average Bonchev–Trinajstić information content (AvgIpc) is 0.743. The first-order valence-corrected chi connectivity index (χ1v) is 31.4. The van der Waals surface area contributed by atoms with Gasteiger partial charge in [-0.3, -0.25) is 0 Å². The third-order valence-corrected chi connectivity index (χ3v) is 18.8. The zero-order valence-electron chi connectivity index (χ0n) is 50.1. The van der Waals surface area contributed by atoms with E-state index in [0.29, 0.717) is 0 Å². The molecule has 0 radical (unpaired) electrons. The highest BCUT2D eigenvalue weighted by atomic mass is 16.5. The van der Waals surface area contributed by atoms with Crippen molar-refractivity contribution in [2.75, 3.05) is 24.5 Å². The topological polar surface area (TPSA) is 25.4 Å². The van der Waals surface area contributed by atoms with E-state index in [2.05, 4.69) is 325 Å². The lowest BCUT2D eigenvalue weighted by atomic mass is 9.30. The van der Waals surface area contributed by atoms with Gasteiger partial charge in [-0.1, -0.05) is 198 Å². The molecule has 0 atom stereocenters. The molecule has 12 aromatic carbocycles. The molecule has 16 rings (SSSR count). The lowest BCUT2D eigenvalue weighted by Gasteiger charge is -2.47. The summed E-state index contributed by atoms with van der Waals surface area (Å²) in [6.45, 7) is 8.76. The Morgan fingerprint density at radius 3 is 1.09 bits per heavy atom. The summed E-state index contributed by atoms with van der Waals surface area (Å²) >= 11 is 0. The van der Waals surface area contributed by atoms with Crippen LogP contribution in [0.3, 0.4) is 0 Å². The summed E-state index contributed by atoms with van der Waals surface area (Å²) < 4.78 is 7.35. The molecule has 0 unspecified atom stereocenters. The molecule has 0 spiro atoms. The van der Waals surface area contributed by atoms with Gasteiger partial charge >= 0.3 is 0 Å². The fourth-order valence-electron chi connectivity index (χ4n) is 14.9. The van der Waals surface area contributed by atoms with Crippen LogP contribution in [0.2, 0.25) is 0 Å². The minimum atomic E-state index is -0.164. The van der Waals surface area contributed by atoms with Crippen LogP contribution in [0.1, 0.15) is 49.9 Å². The summed E-state index contributed by atoms with van der Waals surface area (Å²) in [4.78, 5) is 12.7. The Hall–Kier alpha value is -10.4. The number of anilines is 15. The first kappa shape index (κ1) is 53.1. The molecule has 4 aliphatic heterocycles. The summed E-state index contributed by atoms with van der Waals surface area (Å²) in [5.41, 5.74) is 29.4. The number of rotatable bonds is 13. The Labute approximate surface area is 518 Å². The van der Waals surface area contributed by atoms with Crippen LogP contribution in [0.15, 0.2) is 273 Å². The van der Waals surface area contributed by atoms with E-state index in [1.165, 1.54) is 61.2 Å². The standard InChI is InChI=1S/C80H65B2N5O/c1-5-54-30-18-24-42-67(54)86(68-43-25-19-31-55(68)6-2)61-48-74-79-75(49-61)84(59-36-14-10-15-37-59)72-53-73-66(52-65(72)81(79)63-40-22-28-46-71(63)83(74)58-34-12-9-13-35-58)82-64-41-23-29-47-77(64)88-78-51-62(50-76(80(78)82)85(73)60-38-16-11-17-39-60)87(69-44-26-20-32-56(69)7-3)70-45-27-21-33-57(70)8-4/h9-53H,5-8H2,1-4H3. The van der Waals surface area contributed by atoms with Crippen LogP contribution in [-0.2, 0) is 25.7 Å². The van der Waals surface area contributed by atoms with E-state index in [-0.39, 0.29) is 13.4 Å². The van der Waals surface area contributed by atoms with Crippen LogP contribution in [0.5, 0.6) is 11.5 Å². The minimum absolute atomic E-state index is 0.149. The number of aryl methyl sites for hydroxylation is 4. The smallest absolute Gasteiger partial charge is 0.256 e. The third-order valence-electron chi connectivity index (χ3n) is 18.8. The van der Waals surface area contributed by atoms with Crippen LogP contribution in [0.25, 0.3) is 0 Å². The monoisotopic (exact) mass is 1130 g/mol. The van der Waals surface area contributed by atoms with Crippen LogP contribution >= 0.6 is 0 Å². The maximum atomic E-state index is 7.35. The van der Waals surface area contributed by atoms with Crippen molar-refractivity contribution in [3.8, 4) is 11.5 Å². The van der Waals surface area contributed by atoms with E-state index in [9.17, 15) is 0 Å². The molecule has 4 heterocycles. The average molecular weight is 1130 g/mol. The maximum Gasteiger partial charge on any atom is 0.256 e. The molecule has 0 saturated carbocycles. The van der Waals surface area contributed by atoms with Gasteiger partial charge < -0.3 is 29.2 Å². The number of fused-ring (bicyclic) bond motifs is 8. The van der Waals surface area contributed by atoms with Crippen LogP contribution in [0, 0.1) is 0 Å². The van der Waals surface area contributed by atoms with Gasteiger partial charge in [-0.05, 0) is 178 Å². The number of nitrogens with zero attached hydrogens (tertiary/aromatic N) is 5. The van der Waals surface area contributed by atoms with Crippen molar-refractivity contribution in [2.24, 2.45) is 0 Å². The molecule has 0 aliphatic carbocycles. The van der Waals surface area contributed by atoms with Crippen molar-refractivity contribution in [3.05, 3.63) is 295 Å². The number of hydrogen-bond acceptors (Lipinski definition) is 6. The van der Waals surface area contributed by atoms with Gasteiger partial charge in [0.15, 0.2) is 0 Å². The molecular formula is C80H65B2N5O. The first-order valence-electron chi connectivity index (χ1n) is 31.4. The Morgan fingerprint density at radius 2 is 0.636 bits per heavy atom. The van der Waals surface area contributed by atoms with Crippen molar-refractivity contribution in [3.63, 3.8) is 0 Å². The van der Waals surface area contributed by atoms with Crippen molar-refractivity contribution in [1.29, 1.82) is 0 Å². The molecule has 12 aromatic rings. The van der Waals surface area contributed by atoms with Gasteiger partial charge in [-0.2, -0.15) is 0 Å². The van der Waals surface area contributed by atoms with E-state index in [4.69, 9.17) is 4.74 Å². The molecule has 0 saturated heterocycles. The number of para-hydroxylation sites is 9. The van der Waals surface area contributed by atoms with Gasteiger partial charge in [0.1, 0.15) is 11.5 Å². The number of hydrogen-bond donors (Lipinski definition) is 0. The zero-order valence-corrected chi connectivity index (χ0v) is 50.1. The fraction of sp³-hybridized carbons (Fsp3) is 0.100. The molecular weight excluding hydrogens is 1070 g/mol. The van der Waals surface area contributed by atoms with Crippen molar-refractivity contribution in [2.45, 2.75) is 53.4 Å². The van der Waals surface area contributed by atoms with E-state index in [1.807, 2.05) is 0 Å². The van der Waals surface area contributed by atoms with Gasteiger partial charge in [0.25, 0.3) is 13.4 Å². The molecule has 88 heavy (non-hydrogen) atoms. The number of benzene rings is 12. The van der Waals surface area contributed by atoms with Gasteiger partial charge in [0, 0.05) is 80.0 Å². The molecule has 8 heteroatoms. The molecule has 0 N–H and O–H groups in total. The van der Waals surface area contributed by atoms with Crippen LogP contribution < -0.4 is 62.0 Å². The quantitative estimate of drug-likeness (QED) is 0.107. The Morgan fingerprint density at radius 1 is 0.284 bits per heavy atom. The maximum absolute atomic E-state index is 7.35. The molecule has 0 bridgehead atoms. The minimum Gasteiger partial charge on any atom is -0.458 e. The summed E-state index contributed by atoms with van der Waals surface area (Å²) in [6, 6.07) is 102. The second-order valence-corrected chi connectivity index (χ2v) is 23.4. The molecule has 0 aromatic heterocycles. The molecule has 422 valence electrons. The van der Waals surface area contributed by atoms with Gasteiger partial charge in [0.05, 0.1) is 11.4 Å². The Kier molecular flexibility index (Phi) is 13.2. The predicted octanol–water partition coefficient (Wildman–Crippen LogP) is 17.4. The van der Waals surface area contributed by atoms with E-state index >= 15 is 0 Å². The molecule has 0 fully saturated rings. The molecule has 0 amide bonds. The lowest BCUT2D eigenvalue weighted by Crippen LogP contribution is -2.64. The predicted molar refractivity (Wildman–Crippen MR) is 373 cm³/mol.